The van der Waals surface area contributed by atoms with Crippen LogP contribution < -0.4 is 10.5 Å². The van der Waals surface area contributed by atoms with Gasteiger partial charge in [0.2, 0.25) is 0 Å². The molecular weight excluding hydrogens is 270 g/mol. The van der Waals surface area contributed by atoms with Crippen LogP contribution in [-0.4, -0.2) is 9.91 Å². The number of hydrogen-bond donors (Lipinski definition) is 1. The normalized spacial score (nSPS) is 11.9. The van der Waals surface area contributed by atoms with Crippen molar-refractivity contribution >= 4 is 11.5 Å². The molecule has 2 aromatic rings. The first-order valence-corrected chi connectivity index (χ1v) is 6.70. The van der Waals surface area contributed by atoms with Gasteiger partial charge >= 0.3 is 11.6 Å². The van der Waals surface area contributed by atoms with Gasteiger partial charge in [-0.3, -0.25) is 10.1 Å². The number of benzene rings is 1. The Labute approximate surface area is 122 Å². The third kappa shape index (κ3) is 3.28. The molecule has 1 aromatic carbocycles. The van der Waals surface area contributed by atoms with Gasteiger partial charge in [-0.1, -0.05) is 32.0 Å². The van der Waals surface area contributed by atoms with Crippen LogP contribution in [0.5, 0.6) is 11.6 Å². The summed E-state index contributed by atoms with van der Waals surface area (Å²) in [7, 11) is 0. The molecule has 0 aliphatic rings. The fraction of sp³-hybridized carbons (Fsp3) is 0.267. The molecule has 0 amide bonds. The molecule has 0 saturated heterocycles. The molecule has 0 aliphatic heterocycles. The third-order valence-corrected chi connectivity index (χ3v) is 3.33. The Morgan fingerprint density at radius 1 is 1.33 bits per heavy atom. The molecule has 1 heterocycles. The zero-order valence-corrected chi connectivity index (χ0v) is 11.9. The molecule has 2 rings (SSSR count). The van der Waals surface area contributed by atoms with Crippen molar-refractivity contribution < 1.29 is 9.66 Å². The summed E-state index contributed by atoms with van der Waals surface area (Å²) < 4.78 is 5.67. The highest BCUT2D eigenvalue weighted by molar-refractivity contribution is 5.50. The van der Waals surface area contributed by atoms with E-state index in [0.717, 1.165) is 12.0 Å². The summed E-state index contributed by atoms with van der Waals surface area (Å²) in [4.78, 5) is 14.4. The van der Waals surface area contributed by atoms with Crippen molar-refractivity contribution in [2.45, 2.75) is 26.2 Å². The molecule has 1 unspecified atom stereocenters. The van der Waals surface area contributed by atoms with E-state index < -0.39 is 4.92 Å². The average Bonchev–Trinajstić information content (AvgIpc) is 2.47. The number of nitrogen functional groups attached to an aromatic ring is 1. The number of para-hydroxylation sites is 1. The largest absolute Gasteiger partial charge is 0.433 e. The Bertz CT molecular complexity index is 658. The Morgan fingerprint density at radius 2 is 2.05 bits per heavy atom. The smallest absolute Gasteiger partial charge is 0.331 e. The molecule has 0 radical (unpaired) electrons. The molecule has 0 spiro atoms. The SMILES string of the molecule is CCC(C)c1ccccc1Oc1nc(N)ccc1[N+](=O)[O-]. The van der Waals surface area contributed by atoms with Crippen LogP contribution in [0.4, 0.5) is 11.5 Å². The second-order valence-corrected chi connectivity index (χ2v) is 4.77. The highest BCUT2D eigenvalue weighted by Gasteiger charge is 2.20. The average molecular weight is 287 g/mol. The van der Waals surface area contributed by atoms with Gasteiger partial charge in [-0.25, -0.2) is 0 Å². The maximum atomic E-state index is 11.0. The molecule has 1 atom stereocenters. The molecule has 0 aliphatic carbocycles. The number of anilines is 1. The lowest BCUT2D eigenvalue weighted by molar-refractivity contribution is -0.386. The molecule has 6 heteroatoms. The number of rotatable bonds is 5. The van der Waals surface area contributed by atoms with Gasteiger partial charge < -0.3 is 10.5 Å². The fourth-order valence-electron chi connectivity index (χ4n) is 1.97. The molecule has 2 N–H and O–H groups in total. The van der Waals surface area contributed by atoms with Crippen molar-refractivity contribution in [3.8, 4) is 11.6 Å². The lowest BCUT2D eigenvalue weighted by Gasteiger charge is -2.14. The zero-order valence-electron chi connectivity index (χ0n) is 11.9. The van der Waals surface area contributed by atoms with Gasteiger partial charge in [0.15, 0.2) is 0 Å². The lowest BCUT2D eigenvalue weighted by Crippen LogP contribution is -2.01. The van der Waals surface area contributed by atoms with E-state index in [2.05, 4.69) is 18.8 Å². The Hall–Kier alpha value is -2.63. The van der Waals surface area contributed by atoms with E-state index in [1.54, 1.807) is 6.07 Å². The van der Waals surface area contributed by atoms with Gasteiger partial charge in [0.1, 0.15) is 11.6 Å². The topological polar surface area (TPSA) is 91.3 Å². The van der Waals surface area contributed by atoms with Crippen LogP contribution >= 0.6 is 0 Å². The molecule has 0 bridgehead atoms. The number of ether oxygens (including phenoxy) is 1. The Morgan fingerprint density at radius 3 is 2.71 bits per heavy atom. The summed E-state index contributed by atoms with van der Waals surface area (Å²) in [5, 5.41) is 11.0. The quantitative estimate of drug-likeness (QED) is 0.665. The predicted octanol–water partition coefficient (Wildman–Crippen LogP) is 3.88. The van der Waals surface area contributed by atoms with Gasteiger partial charge in [-0.15, -0.1) is 0 Å². The number of nitrogens with two attached hydrogens (primary N) is 1. The maximum Gasteiger partial charge on any atom is 0.331 e. The van der Waals surface area contributed by atoms with E-state index >= 15 is 0 Å². The summed E-state index contributed by atoms with van der Waals surface area (Å²) in [6.07, 6.45) is 0.937. The van der Waals surface area contributed by atoms with Gasteiger partial charge in [0.05, 0.1) is 4.92 Å². The van der Waals surface area contributed by atoms with Crippen molar-refractivity contribution in [2.24, 2.45) is 0 Å². The van der Waals surface area contributed by atoms with E-state index in [9.17, 15) is 10.1 Å². The molecular formula is C15H17N3O3. The minimum absolute atomic E-state index is 0.0873. The highest BCUT2D eigenvalue weighted by Crippen LogP contribution is 2.35. The summed E-state index contributed by atoms with van der Waals surface area (Å²) in [5.41, 5.74) is 6.37. The molecule has 21 heavy (non-hydrogen) atoms. The van der Waals surface area contributed by atoms with Crippen molar-refractivity contribution in [3.63, 3.8) is 0 Å². The van der Waals surface area contributed by atoms with Gasteiger partial charge in [0.25, 0.3) is 0 Å². The summed E-state index contributed by atoms with van der Waals surface area (Å²) >= 11 is 0. The van der Waals surface area contributed by atoms with E-state index in [0.29, 0.717) is 5.75 Å². The number of nitro groups is 1. The number of hydrogen-bond acceptors (Lipinski definition) is 5. The standard InChI is InChI=1S/C15H17N3O3/c1-3-10(2)11-6-4-5-7-13(11)21-15-12(18(19)20)8-9-14(16)17-15/h4-10H,3H2,1-2H3,(H2,16,17). The summed E-state index contributed by atoms with van der Waals surface area (Å²) in [6, 6.07) is 10.1. The lowest BCUT2D eigenvalue weighted by atomic mass is 9.98. The van der Waals surface area contributed by atoms with Crippen molar-refractivity contribution in [2.75, 3.05) is 5.73 Å². The minimum atomic E-state index is -0.534. The second-order valence-electron chi connectivity index (χ2n) is 4.77. The first-order chi connectivity index (χ1) is 10.0. The molecule has 1 aromatic heterocycles. The predicted molar refractivity (Wildman–Crippen MR) is 80.5 cm³/mol. The van der Waals surface area contributed by atoms with E-state index in [1.165, 1.54) is 12.1 Å². The minimum Gasteiger partial charge on any atom is -0.433 e. The van der Waals surface area contributed by atoms with Crippen molar-refractivity contribution in [1.82, 2.24) is 4.98 Å². The maximum absolute atomic E-state index is 11.0. The van der Waals surface area contributed by atoms with Crippen LogP contribution in [-0.2, 0) is 0 Å². The van der Waals surface area contributed by atoms with Crippen LogP contribution in [0.2, 0.25) is 0 Å². The summed E-state index contributed by atoms with van der Waals surface area (Å²) in [6.45, 7) is 4.14. The van der Waals surface area contributed by atoms with Crippen LogP contribution in [0.25, 0.3) is 0 Å². The molecule has 6 nitrogen and oxygen atoms in total. The third-order valence-electron chi connectivity index (χ3n) is 3.33. The first-order valence-electron chi connectivity index (χ1n) is 6.70. The van der Waals surface area contributed by atoms with Gasteiger partial charge in [-0.05, 0) is 30.0 Å². The van der Waals surface area contributed by atoms with Crippen molar-refractivity contribution in [1.29, 1.82) is 0 Å². The summed E-state index contributed by atoms with van der Waals surface area (Å²) in [5.74, 6) is 0.932. The van der Waals surface area contributed by atoms with Crippen LogP contribution in [0.1, 0.15) is 31.7 Å². The van der Waals surface area contributed by atoms with E-state index in [1.807, 2.05) is 18.2 Å². The highest BCUT2D eigenvalue weighted by atomic mass is 16.6. The van der Waals surface area contributed by atoms with Gasteiger partial charge in [0, 0.05) is 6.07 Å². The first kappa shape index (κ1) is 14.8. The zero-order chi connectivity index (χ0) is 15.4. The van der Waals surface area contributed by atoms with Crippen LogP contribution in [0.3, 0.4) is 0 Å². The monoisotopic (exact) mass is 287 g/mol. The van der Waals surface area contributed by atoms with E-state index in [-0.39, 0.29) is 23.3 Å². The molecule has 110 valence electrons. The van der Waals surface area contributed by atoms with Gasteiger partial charge in [-0.2, -0.15) is 4.98 Å². The number of nitrogens with zero attached hydrogens (tertiary/aromatic N) is 2. The Kier molecular flexibility index (Phi) is 4.37. The molecule has 0 fully saturated rings. The Balaban J connectivity index is 2.43. The van der Waals surface area contributed by atoms with Crippen LogP contribution in [0, 0.1) is 10.1 Å². The van der Waals surface area contributed by atoms with Crippen LogP contribution in [0.15, 0.2) is 36.4 Å². The fourth-order valence-corrected chi connectivity index (χ4v) is 1.97. The number of pyridine rings is 1. The second kappa shape index (κ2) is 6.21. The van der Waals surface area contributed by atoms with Crippen molar-refractivity contribution in [3.05, 3.63) is 52.1 Å². The molecule has 0 saturated carbocycles. The van der Waals surface area contributed by atoms with E-state index in [4.69, 9.17) is 10.5 Å². The number of aromatic nitrogens is 1.